The molecule has 1 aromatic rings. The Morgan fingerprint density at radius 1 is 1.29 bits per heavy atom. The van der Waals surface area contributed by atoms with Crippen LogP contribution in [0.4, 0.5) is 5.69 Å². The van der Waals surface area contributed by atoms with Gasteiger partial charge in [-0.25, -0.2) is 0 Å². The number of benzene rings is 1. The van der Waals surface area contributed by atoms with Crippen LogP contribution in [-0.4, -0.2) is 50.7 Å². The van der Waals surface area contributed by atoms with Gasteiger partial charge in [0.15, 0.2) is 0 Å². The van der Waals surface area contributed by atoms with Crippen LogP contribution >= 0.6 is 0 Å². The van der Waals surface area contributed by atoms with Crippen LogP contribution in [0.5, 0.6) is 0 Å². The molecule has 0 aliphatic carbocycles. The van der Waals surface area contributed by atoms with Crippen molar-refractivity contribution in [3.8, 4) is 0 Å². The van der Waals surface area contributed by atoms with Crippen LogP contribution in [0.1, 0.15) is 26.7 Å². The van der Waals surface area contributed by atoms with Crippen LogP contribution in [-0.2, 0) is 0 Å². The molecule has 3 nitrogen and oxygen atoms in total. The van der Waals surface area contributed by atoms with Crippen LogP contribution in [0.15, 0.2) is 30.3 Å². The molecule has 1 aromatic carbocycles. The Balaban J connectivity index is 1.61. The fourth-order valence-electron chi connectivity index (χ4n) is 3.03. The van der Waals surface area contributed by atoms with Crippen LogP contribution in [0, 0.1) is 5.92 Å². The van der Waals surface area contributed by atoms with Crippen LogP contribution in [0.3, 0.4) is 0 Å². The quantitative estimate of drug-likeness (QED) is 0.794. The lowest BCUT2D eigenvalue weighted by atomic mass is 10.1. The summed E-state index contributed by atoms with van der Waals surface area (Å²) in [5.41, 5.74) is 1.32. The van der Waals surface area contributed by atoms with Crippen molar-refractivity contribution in [3.63, 3.8) is 0 Å². The molecule has 0 radical (unpaired) electrons. The molecule has 21 heavy (non-hydrogen) atoms. The highest BCUT2D eigenvalue weighted by molar-refractivity contribution is 5.44. The van der Waals surface area contributed by atoms with Crippen LogP contribution < -0.4 is 10.2 Å². The summed E-state index contributed by atoms with van der Waals surface area (Å²) in [6.45, 7) is 10.6. The third-order valence-corrected chi connectivity index (χ3v) is 4.35. The van der Waals surface area contributed by atoms with Gasteiger partial charge in [-0.3, -0.25) is 0 Å². The van der Waals surface area contributed by atoms with Gasteiger partial charge in [-0.15, -0.1) is 0 Å². The molecule has 3 heteroatoms. The molecule has 0 bridgehead atoms. The molecule has 1 aliphatic heterocycles. The van der Waals surface area contributed by atoms with Gasteiger partial charge >= 0.3 is 0 Å². The van der Waals surface area contributed by atoms with E-state index in [0.29, 0.717) is 6.04 Å². The third-order valence-electron chi connectivity index (χ3n) is 4.35. The van der Waals surface area contributed by atoms with Crippen molar-refractivity contribution in [1.82, 2.24) is 10.2 Å². The van der Waals surface area contributed by atoms with Gasteiger partial charge in [0, 0.05) is 31.9 Å². The van der Waals surface area contributed by atoms with Gasteiger partial charge in [0.25, 0.3) is 0 Å². The third kappa shape index (κ3) is 5.68. The second-order valence-corrected chi connectivity index (χ2v) is 6.63. The minimum absolute atomic E-state index is 0.610. The maximum absolute atomic E-state index is 3.57. The first-order valence-corrected chi connectivity index (χ1v) is 8.37. The van der Waals surface area contributed by atoms with Crippen molar-refractivity contribution in [2.75, 3.05) is 44.7 Å². The lowest BCUT2D eigenvalue weighted by Gasteiger charge is -2.22. The molecule has 0 aromatic heterocycles. The summed E-state index contributed by atoms with van der Waals surface area (Å²) in [7, 11) is 2.19. The van der Waals surface area contributed by atoms with Crippen molar-refractivity contribution in [3.05, 3.63) is 30.3 Å². The van der Waals surface area contributed by atoms with E-state index < -0.39 is 0 Å². The van der Waals surface area contributed by atoms with Gasteiger partial charge in [-0.2, -0.15) is 0 Å². The molecule has 0 amide bonds. The van der Waals surface area contributed by atoms with Crippen molar-refractivity contribution in [1.29, 1.82) is 0 Å². The van der Waals surface area contributed by atoms with Crippen LogP contribution in [0.2, 0.25) is 0 Å². The largest absolute Gasteiger partial charge is 0.375 e. The Labute approximate surface area is 130 Å². The number of likely N-dealkylation sites (tertiary alicyclic amines) is 1. The molecule has 1 fully saturated rings. The second-order valence-electron chi connectivity index (χ2n) is 6.63. The number of rotatable bonds is 8. The monoisotopic (exact) mass is 289 g/mol. The summed E-state index contributed by atoms with van der Waals surface area (Å²) < 4.78 is 0. The van der Waals surface area contributed by atoms with E-state index in [9.17, 15) is 0 Å². The number of hydrogen-bond donors (Lipinski definition) is 1. The van der Waals surface area contributed by atoms with E-state index >= 15 is 0 Å². The van der Waals surface area contributed by atoms with Crippen molar-refractivity contribution >= 4 is 5.69 Å². The average molecular weight is 289 g/mol. The van der Waals surface area contributed by atoms with Gasteiger partial charge in [0.05, 0.1) is 0 Å². The molecule has 1 saturated heterocycles. The van der Waals surface area contributed by atoms with E-state index in [1.807, 2.05) is 0 Å². The average Bonchev–Trinajstić information content (AvgIpc) is 2.94. The van der Waals surface area contributed by atoms with E-state index in [1.54, 1.807) is 0 Å². The van der Waals surface area contributed by atoms with Gasteiger partial charge in [-0.05, 0) is 50.5 Å². The summed E-state index contributed by atoms with van der Waals surface area (Å²) in [6.07, 6.45) is 2.60. The molecule has 1 atom stereocenters. The highest BCUT2D eigenvalue weighted by Crippen LogP contribution is 2.16. The summed E-state index contributed by atoms with van der Waals surface area (Å²) in [5.74, 6) is 0.847. The first kappa shape index (κ1) is 16.3. The number of anilines is 1. The van der Waals surface area contributed by atoms with E-state index in [-0.39, 0.29) is 0 Å². The number of nitrogens with zero attached hydrogens (tertiary/aromatic N) is 2. The fraction of sp³-hybridized carbons (Fsp3) is 0.667. The zero-order valence-electron chi connectivity index (χ0n) is 13.9. The highest BCUT2D eigenvalue weighted by Gasteiger charge is 2.21. The molecule has 1 heterocycles. The van der Waals surface area contributed by atoms with Gasteiger partial charge in [0.2, 0.25) is 0 Å². The van der Waals surface area contributed by atoms with Crippen molar-refractivity contribution in [2.24, 2.45) is 5.92 Å². The summed E-state index contributed by atoms with van der Waals surface area (Å²) in [5, 5.41) is 3.57. The summed E-state index contributed by atoms with van der Waals surface area (Å²) >= 11 is 0. The summed E-state index contributed by atoms with van der Waals surface area (Å²) in [4.78, 5) is 4.99. The Morgan fingerprint density at radius 2 is 2.05 bits per heavy atom. The predicted molar refractivity (Wildman–Crippen MR) is 92.0 cm³/mol. The Hall–Kier alpha value is -1.06. The van der Waals surface area contributed by atoms with Gasteiger partial charge in [-0.1, -0.05) is 32.0 Å². The highest BCUT2D eigenvalue weighted by atomic mass is 15.2. The van der Waals surface area contributed by atoms with E-state index in [1.165, 1.54) is 44.7 Å². The minimum atomic E-state index is 0.610. The number of para-hydroxylation sites is 1. The molecular formula is C18H31N3. The van der Waals surface area contributed by atoms with Crippen molar-refractivity contribution < 1.29 is 0 Å². The SMILES string of the molecule is CC(C)NCC1CCN(CCCN(C)c2ccccc2)C1. The zero-order valence-corrected chi connectivity index (χ0v) is 13.9. The Morgan fingerprint density at radius 3 is 2.76 bits per heavy atom. The van der Waals surface area contributed by atoms with E-state index in [0.717, 1.165) is 12.5 Å². The van der Waals surface area contributed by atoms with E-state index in [2.05, 4.69) is 66.3 Å². The van der Waals surface area contributed by atoms with Crippen LogP contribution in [0.25, 0.3) is 0 Å². The molecule has 2 rings (SSSR count). The van der Waals surface area contributed by atoms with E-state index in [4.69, 9.17) is 0 Å². The summed E-state index contributed by atoms with van der Waals surface area (Å²) in [6, 6.07) is 11.3. The standard InChI is InChI=1S/C18H31N3/c1-16(2)19-14-17-10-13-21(15-17)12-7-11-20(3)18-8-5-4-6-9-18/h4-6,8-9,16-17,19H,7,10-15H2,1-3H3. The molecule has 1 aliphatic rings. The zero-order chi connectivity index (χ0) is 15.1. The lowest BCUT2D eigenvalue weighted by molar-refractivity contribution is 0.317. The molecule has 1 N–H and O–H groups in total. The Kier molecular flexibility index (Phi) is 6.52. The molecular weight excluding hydrogens is 258 g/mol. The second kappa shape index (κ2) is 8.40. The normalized spacial score (nSPS) is 19.3. The van der Waals surface area contributed by atoms with Gasteiger partial charge < -0.3 is 15.1 Å². The number of hydrogen-bond acceptors (Lipinski definition) is 3. The van der Waals surface area contributed by atoms with Gasteiger partial charge in [0.1, 0.15) is 0 Å². The maximum atomic E-state index is 3.57. The molecule has 0 spiro atoms. The lowest BCUT2D eigenvalue weighted by Crippen LogP contribution is -2.31. The first-order chi connectivity index (χ1) is 10.1. The molecule has 0 saturated carbocycles. The maximum Gasteiger partial charge on any atom is 0.0363 e. The fourth-order valence-corrected chi connectivity index (χ4v) is 3.03. The smallest absolute Gasteiger partial charge is 0.0363 e. The first-order valence-electron chi connectivity index (χ1n) is 8.37. The Bertz CT molecular complexity index is 391. The molecule has 1 unspecified atom stereocenters. The minimum Gasteiger partial charge on any atom is -0.375 e. The topological polar surface area (TPSA) is 18.5 Å². The predicted octanol–water partition coefficient (Wildman–Crippen LogP) is 2.83. The number of nitrogens with one attached hydrogen (secondary N) is 1. The van der Waals surface area contributed by atoms with Crippen molar-refractivity contribution in [2.45, 2.75) is 32.7 Å². The molecule has 118 valence electrons.